The number of halogens is 1. The normalized spacial score (nSPS) is 10.7. The largest absolute Gasteiger partial charge is 0.481 e. The van der Waals surface area contributed by atoms with Crippen LogP contribution in [-0.4, -0.2) is 48.5 Å². The molecule has 0 atom stereocenters. The Morgan fingerprint density at radius 3 is 2.74 bits per heavy atom. The van der Waals surface area contributed by atoms with Crippen molar-refractivity contribution in [2.75, 3.05) is 7.05 Å². The van der Waals surface area contributed by atoms with E-state index in [0.717, 1.165) is 10.2 Å². The average Bonchev–Trinajstić information content (AvgIpc) is 3.11. The summed E-state index contributed by atoms with van der Waals surface area (Å²) >= 11 is 3.44. The molecule has 1 N–H and O–H groups in total. The lowest BCUT2D eigenvalue weighted by Gasteiger charge is -2.18. The zero-order valence-electron chi connectivity index (χ0n) is 12.9. The van der Waals surface area contributed by atoms with E-state index in [-0.39, 0.29) is 18.9 Å². The van der Waals surface area contributed by atoms with Gasteiger partial charge in [-0.2, -0.15) is 10.2 Å². The number of aromatic nitrogens is 4. The fourth-order valence-corrected chi connectivity index (χ4v) is 2.63. The van der Waals surface area contributed by atoms with Gasteiger partial charge in [0.25, 0.3) is 5.91 Å². The Bertz CT molecular complexity index is 709. The van der Waals surface area contributed by atoms with Crippen molar-refractivity contribution in [1.29, 1.82) is 0 Å². The van der Waals surface area contributed by atoms with Crippen LogP contribution in [0.4, 0.5) is 0 Å². The van der Waals surface area contributed by atoms with Crippen LogP contribution in [0.15, 0.2) is 22.9 Å². The van der Waals surface area contributed by atoms with Crippen LogP contribution in [-0.2, 0) is 24.4 Å². The first-order chi connectivity index (χ1) is 10.9. The van der Waals surface area contributed by atoms with Crippen molar-refractivity contribution in [3.05, 3.63) is 34.3 Å². The summed E-state index contributed by atoms with van der Waals surface area (Å²) < 4.78 is 4.08. The van der Waals surface area contributed by atoms with Gasteiger partial charge in [0, 0.05) is 19.8 Å². The average molecular weight is 384 g/mol. The summed E-state index contributed by atoms with van der Waals surface area (Å²) in [7, 11) is 1.69. The molecule has 0 fully saturated rings. The summed E-state index contributed by atoms with van der Waals surface area (Å²) in [6, 6.07) is 1.59. The van der Waals surface area contributed by atoms with Crippen molar-refractivity contribution in [2.24, 2.45) is 0 Å². The molecular formula is C14H18BrN5O3. The lowest BCUT2D eigenvalue weighted by molar-refractivity contribution is -0.137. The molecule has 124 valence electrons. The predicted octanol–water partition coefficient (Wildman–Crippen LogP) is 1.61. The summed E-state index contributed by atoms with van der Waals surface area (Å²) in [5, 5.41) is 17.0. The lowest BCUT2D eigenvalue weighted by atomic mass is 10.3. The molecule has 0 radical (unpaired) electrons. The standard InChI is InChI=1S/C14H18BrN5O3/c1-3-19-12(10(15)8-17-19)9-18(2)14(23)11-4-6-16-20(11)7-5-13(21)22/h4,6,8H,3,5,7,9H2,1-2H3,(H,21,22). The quantitative estimate of drug-likeness (QED) is 0.783. The molecule has 2 rings (SSSR count). The molecule has 0 saturated heterocycles. The minimum Gasteiger partial charge on any atom is -0.481 e. The summed E-state index contributed by atoms with van der Waals surface area (Å²) in [6.07, 6.45) is 3.11. The maximum atomic E-state index is 12.6. The van der Waals surface area contributed by atoms with Gasteiger partial charge in [-0.15, -0.1) is 0 Å². The Morgan fingerprint density at radius 1 is 1.35 bits per heavy atom. The monoisotopic (exact) mass is 383 g/mol. The van der Waals surface area contributed by atoms with Gasteiger partial charge in [0.15, 0.2) is 0 Å². The number of carbonyl (C=O) groups is 2. The third-order valence-corrected chi connectivity index (χ3v) is 4.07. The minimum atomic E-state index is -0.928. The van der Waals surface area contributed by atoms with E-state index >= 15 is 0 Å². The molecule has 0 saturated carbocycles. The van der Waals surface area contributed by atoms with Gasteiger partial charge in [0.2, 0.25) is 0 Å². The Hall–Kier alpha value is -2.16. The Labute approximate surface area is 141 Å². The summed E-state index contributed by atoms with van der Waals surface area (Å²) in [6.45, 7) is 3.23. The van der Waals surface area contributed by atoms with Gasteiger partial charge >= 0.3 is 5.97 Å². The van der Waals surface area contributed by atoms with E-state index in [4.69, 9.17) is 5.11 Å². The zero-order chi connectivity index (χ0) is 17.0. The Balaban J connectivity index is 2.12. The number of carboxylic acids is 1. The highest BCUT2D eigenvalue weighted by atomic mass is 79.9. The third kappa shape index (κ3) is 3.98. The molecule has 1 amide bonds. The maximum absolute atomic E-state index is 12.6. The molecule has 2 heterocycles. The second kappa shape index (κ2) is 7.40. The number of carbonyl (C=O) groups excluding carboxylic acids is 1. The van der Waals surface area contributed by atoms with Crippen LogP contribution < -0.4 is 0 Å². The van der Waals surface area contributed by atoms with Gasteiger partial charge in [-0.1, -0.05) is 0 Å². The van der Waals surface area contributed by atoms with Crippen LogP contribution in [0.1, 0.15) is 29.5 Å². The van der Waals surface area contributed by atoms with E-state index in [0.29, 0.717) is 18.8 Å². The highest BCUT2D eigenvalue weighted by molar-refractivity contribution is 9.10. The number of nitrogens with zero attached hydrogens (tertiary/aromatic N) is 5. The second-order valence-electron chi connectivity index (χ2n) is 5.00. The number of hydrogen-bond donors (Lipinski definition) is 1. The number of amides is 1. The molecule has 0 bridgehead atoms. The van der Waals surface area contributed by atoms with Crippen molar-refractivity contribution in [3.8, 4) is 0 Å². The molecule has 2 aromatic heterocycles. The smallest absolute Gasteiger partial charge is 0.305 e. The minimum absolute atomic E-state index is 0.0835. The van der Waals surface area contributed by atoms with Crippen LogP contribution in [0.2, 0.25) is 0 Å². The summed E-state index contributed by atoms with van der Waals surface area (Å²) in [5.41, 5.74) is 1.27. The SMILES string of the molecule is CCn1ncc(Br)c1CN(C)C(=O)c1ccnn1CCC(=O)O. The highest BCUT2D eigenvalue weighted by Crippen LogP contribution is 2.18. The van der Waals surface area contributed by atoms with Crippen molar-refractivity contribution < 1.29 is 14.7 Å². The van der Waals surface area contributed by atoms with Crippen LogP contribution in [0.25, 0.3) is 0 Å². The first-order valence-corrected chi connectivity index (χ1v) is 7.92. The number of rotatable bonds is 7. The number of hydrogen-bond acceptors (Lipinski definition) is 4. The van der Waals surface area contributed by atoms with Crippen LogP contribution >= 0.6 is 15.9 Å². The maximum Gasteiger partial charge on any atom is 0.305 e. The molecule has 0 spiro atoms. The molecule has 23 heavy (non-hydrogen) atoms. The molecule has 0 aliphatic rings. The van der Waals surface area contributed by atoms with Crippen LogP contribution in [0.3, 0.4) is 0 Å². The molecule has 9 heteroatoms. The molecule has 0 aromatic carbocycles. The molecular weight excluding hydrogens is 366 g/mol. The molecule has 0 aliphatic heterocycles. The van der Waals surface area contributed by atoms with Gasteiger partial charge in [-0.3, -0.25) is 19.0 Å². The van der Waals surface area contributed by atoms with Crippen molar-refractivity contribution in [3.63, 3.8) is 0 Å². The topological polar surface area (TPSA) is 93.3 Å². The fraction of sp³-hybridized carbons (Fsp3) is 0.429. The predicted molar refractivity (Wildman–Crippen MR) is 85.9 cm³/mol. The first kappa shape index (κ1) is 17.2. The number of aliphatic carboxylic acids is 1. The fourth-order valence-electron chi connectivity index (χ4n) is 2.20. The summed E-state index contributed by atoms with van der Waals surface area (Å²) in [5.74, 6) is -1.15. The first-order valence-electron chi connectivity index (χ1n) is 7.13. The van der Waals surface area contributed by atoms with E-state index in [2.05, 4.69) is 26.1 Å². The van der Waals surface area contributed by atoms with Crippen LogP contribution in [0.5, 0.6) is 0 Å². The van der Waals surface area contributed by atoms with Gasteiger partial charge in [0.1, 0.15) is 5.69 Å². The van der Waals surface area contributed by atoms with Gasteiger partial charge in [0.05, 0.1) is 35.9 Å². The molecule has 0 unspecified atom stereocenters. The Kier molecular flexibility index (Phi) is 5.54. The number of carboxylic acid groups (broad SMARTS) is 1. The number of aryl methyl sites for hydroxylation is 2. The van der Waals surface area contributed by atoms with Crippen molar-refractivity contribution >= 4 is 27.8 Å². The molecule has 2 aromatic rings. The molecule has 0 aliphatic carbocycles. The van der Waals surface area contributed by atoms with Gasteiger partial charge in [-0.25, -0.2) is 0 Å². The van der Waals surface area contributed by atoms with E-state index in [1.807, 2.05) is 11.6 Å². The van der Waals surface area contributed by atoms with Gasteiger partial charge < -0.3 is 10.0 Å². The lowest BCUT2D eigenvalue weighted by Crippen LogP contribution is -2.30. The van der Waals surface area contributed by atoms with E-state index in [1.165, 1.54) is 10.9 Å². The van der Waals surface area contributed by atoms with Gasteiger partial charge in [-0.05, 0) is 28.9 Å². The second-order valence-corrected chi connectivity index (χ2v) is 5.85. The van der Waals surface area contributed by atoms with Crippen LogP contribution in [0, 0.1) is 0 Å². The third-order valence-electron chi connectivity index (χ3n) is 3.40. The van der Waals surface area contributed by atoms with Crippen molar-refractivity contribution in [2.45, 2.75) is 33.0 Å². The van der Waals surface area contributed by atoms with E-state index < -0.39 is 5.97 Å². The molecule has 8 nitrogen and oxygen atoms in total. The van der Waals surface area contributed by atoms with Crippen molar-refractivity contribution in [1.82, 2.24) is 24.5 Å². The summed E-state index contributed by atoms with van der Waals surface area (Å²) in [4.78, 5) is 24.8. The van der Waals surface area contributed by atoms with E-state index in [1.54, 1.807) is 24.2 Å². The zero-order valence-corrected chi connectivity index (χ0v) is 14.5. The Morgan fingerprint density at radius 2 is 2.09 bits per heavy atom. The highest BCUT2D eigenvalue weighted by Gasteiger charge is 2.19. The van der Waals surface area contributed by atoms with E-state index in [9.17, 15) is 9.59 Å².